The van der Waals surface area contributed by atoms with Gasteiger partial charge in [0.15, 0.2) is 0 Å². The van der Waals surface area contributed by atoms with Crippen LogP contribution in [0.3, 0.4) is 0 Å². The molecule has 0 aliphatic carbocycles. The van der Waals surface area contributed by atoms with Gasteiger partial charge in [0.05, 0.1) is 0 Å². The number of aliphatic imine (C=N–C) groups is 1. The van der Waals surface area contributed by atoms with Crippen molar-refractivity contribution in [2.45, 2.75) is 0 Å². The number of rotatable bonds is 2. The van der Waals surface area contributed by atoms with Gasteiger partial charge < -0.3 is 5.73 Å². The van der Waals surface area contributed by atoms with E-state index in [-0.39, 0.29) is 0 Å². The predicted molar refractivity (Wildman–Crippen MR) is 56.4 cm³/mol. The molecule has 0 bridgehead atoms. The maximum Gasteiger partial charge on any atom is 0.128 e. The summed E-state index contributed by atoms with van der Waals surface area (Å²) in [4.78, 5) is 7.91. The lowest BCUT2D eigenvalue weighted by molar-refractivity contribution is 1.24. The number of halogens is 1. The van der Waals surface area contributed by atoms with Gasteiger partial charge in [-0.25, -0.2) is 0 Å². The van der Waals surface area contributed by atoms with Gasteiger partial charge in [-0.1, -0.05) is 5.92 Å². The van der Waals surface area contributed by atoms with E-state index in [1.165, 1.54) is 0 Å². The second-order valence-corrected chi connectivity index (χ2v) is 3.21. The molecule has 0 atom stereocenters. The Balaban J connectivity index is 2.90. The highest BCUT2D eigenvalue weighted by atomic mass is 79.9. The molecule has 0 amide bonds. The molecule has 13 heavy (non-hydrogen) atoms. The van der Waals surface area contributed by atoms with E-state index in [0.29, 0.717) is 12.4 Å². The van der Waals surface area contributed by atoms with Gasteiger partial charge in [-0.05, 0) is 22.0 Å². The third-order valence-electron chi connectivity index (χ3n) is 1.34. The second kappa shape index (κ2) is 4.63. The molecule has 0 spiro atoms. The van der Waals surface area contributed by atoms with E-state index in [1.54, 1.807) is 12.4 Å². The van der Waals surface area contributed by atoms with Gasteiger partial charge in [-0.2, -0.15) is 0 Å². The van der Waals surface area contributed by atoms with E-state index in [1.807, 2.05) is 6.07 Å². The molecule has 1 heterocycles. The van der Waals surface area contributed by atoms with E-state index >= 15 is 0 Å². The summed E-state index contributed by atoms with van der Waals surface area (Å²) < 4.78 is 0.865. The number of nitrogens with two attached hydrogens (primary N) is 1. The Bertz CT molecular complexity index is 365. The van der Waals surface area contributed by atoms with Crippen molar-refractivity contribution in [3.63, 3.8) is 0 Å². The number of nitrogens with zero attached hydrogens (tertiary/aromatic N) is 2. The summed E-state index contributed by atoms with van der Waals surface area (Å²) in [6.07, 6.45) is 8.36. The molecular formula is C9H8BrN3. The van der Waals surface area contributed by atoms with E-state index < -0.39 is 0 Å². The van der Waals surface area contributed by atoms with Crippen LogP contribution in [-0.4, -0.2) is 17.4 Å². The fraction of sp³-hybridized carbons (Fsp3) is 0.111. The van der Waals surface area contributed by atoms with E-state index in [9.17, 15) is 0 Å². The van der Waals surface area contributed by atoms with Crippen molar-refractivity contribution in [2.24, 2.45) is 10.7 Å². The Morgan fingerprint density at radius 2 is 2.46 bits per heavy atom. The Labute approximate surface area is 85.2 Å². The molecule has 0 saturated carbocycles. The van der Waals surface area contributed by atoms with Crippen LogP contribution in [0.15, 0.2) is 27.9 Å². The van der Waals surface area contributed by atoms with Gasteiger partial charge >= 0.3 is 0 Å². The number of aromatic nitrogens is 1. The van der Waals surface area contributed by atoms with Crippen LogP contribution in [0.25, 0.3) is 0 Å². The summed E-state index contributed by atoms with van der Waals surface area (Å²) in [5, 5.41) is 0. The Hall–Kier alpha value is -1.34. The lowest BCUT2D eigenvalue weighted by Crippen LogP contribution is -2.14. The first kappa shape index (κ1) is 9.75. The molecule has 4 heteroatoms. The zero-order valence-electron chi connectivity index (χ0n) is 6.87. The zero-order chi connectivity index (χ0) is 9.68. The van der Waals surface area contributed by atoms with Crippen molar-refractivity contribution in [3.8, 4) is 12.3 Å². The topological polar surface area (TPSA) is 51.3 Å². The van der Waals surface area contributed by atoms with Gasteiger partial charge in [0.1, 0.15) is 12.4 Å². The molecule has 3 nitrogen and oxygen atoms in total. The Morgan fingerprint density at radius 1 is 1.69 bits per heavy atom. The predicted octanol–water partition coefficient (Wildman–Crippen LogP) is 1.18. The van der Waals surface area contributed by atoms with Crippen LogP contribution in [0.2, 0.25) is 0 Å². The van der Waals surface area contributed by atoms with Gasteiger partial charge in [-0.15, -0.1) is 6.42 Å². The summed E-state index contributed by atoms with van der Waals surface area (Å²) in [6.45, 7) is 0.290. The smallest absolute Gasteiger partial charge is 0.128 e. The number of terminal acetylenes is 1. The van der Waals surface area contributed by atoms with Gasteiger partial charge in [0.2, 0.25) is 0 Å². The number of hydrogen-bond donors (Lipinski definition) is 1. The SMILES string of the molecule is C#CCN=C(N)c1cncc(Br)c1. The van der Waals surface area contributed by atoms with Crippen molar-refractivity contribution in [3.05, 3.63) is 28.5 Å². The van der Waals surface area contributed by atoms with Crippen LogP contribution >= 0.6 is 15.9 Å². The van der Waals surface area contributed by atoms with Crippen LogP contribution < -0.4 is 5.73 Å². The zero-order valence-corrected chi connectivity index (χ0v) is 8.45. The molecule has 1 aromatic rings. The highest BCUT2D eigenvalue weighted by molar-refractivity contribution is 9.10. The van der Waals surface area contributed by atoms with Crippen molar-refractivity contribution in [1.82, 2.24) is 4.98 Å². The maximum atomic E-state index is 5.64. The van der Waals surface area contributed by atoms with E-state index in [2.05, 4.69) is 31.8 Å². The molecule has 0 aliphatic heterocycles. The van der Waals surface area contributed by atoms with Gasteiger partial charge in [0, 0.05) is 22.4 Å². The molecule has 0 unspecified atom stereocenters. The minimum Gasteiger partial charge on any atom is -0.383 e. The molecule has 0 aliphatic rings. The normalized spacial score (nSPS) is 10.9. The molecule has 0 aromatic carbocycles. The first-order valence-corrected chi connectivity index (χ1v) is 4.37. The van der Waals surface area contributed by atoms with Crippen LogP contribution in [0.4, 0.5) is 0 Å². The number of hydrogen-bond acceptors (Lipinski definition) is 2. The van der Waals surface area contributed by atoms with Gasteiger partial charge in [-0.3, -0.25) is 9.98 Å². The summed E-state index contributed by atoms with van der Waals surface area (Å²) >= 11 is 3.29. The monoisotopic (exact) mass is 237 g/mol. The summed E-state index contributed by atoms with van der Waals surface area (Å²) in [6, 6.07) is 1.84. The lowest BCUT2D eigenvalue weighted by atomic mass is 10.3. The molecule has 0 saturated heterocycles. The third-order valence-corrected chi connectivity index (χ3v) is 1.78. The van der Waals surface area contributed by atoms with E-state index in [4.69, 9.17) is 12.2 Å². The average molecular weight is 238 g/mol. The fourth-order valence-electron chi connectivity index (χ4n) is 0.774. The first-order chi connectivity index (χ1) is 6.24. The third kappa shape index (κ3) is 2.88. The fourth-order valence-corrected chi connectivity index (χ4v) is 1.14. The summed E-state index contributed by atoms with van der Waals surface area (Å²) in [5.74, 6) is 2.79. The molecule has 1 rings (SSSR count). The van der Waals surface area contributed by atoms with Gasteiger partial charge in [0.25, 0.3) is 0 Å². The Morgan fingerprint density at radius 3 is 3.08 bits per heavy atom. The maximum absolute atomic E-state index is 5.64. The average Bonchev–Trinajstić information content (AvgIpc) is 2.14. The van der Waals surface area contributed by atoms with Crippen LogP contribution in [-0.2, 0) is 0 Å². The minimum atomic E-state index is 0.290. The highest BCUT2D eigenvalue weighted by Crippen LogP contribution is 2.08. The van der Waals surface area contributed by atoms with Crippen molar-refractivity contribution in [2.75, 3.05) is 6.54 Å². The molecule has 66 valence electrons. The van der Waals surface area contributed by atoms with Crippen molar-refractivity contribution < 1.29 is 0 Å². The van der Waals surface area contributed by atoms with Crippen molar-refractivity contribution >= 4 is 21.8 Å². The lowest BCUT2D eigenvalue weighted by Gasteiger charge is -1.98. The van der Waals surface area contributed by atoms with E-state index in [0.717, 1.165) is 10.0 Å². The number of amidine groups is 1. The van der Waals surface area contributed by atoms with Crippen LogP contribution in [0, 0.1) is 12.3 Å². The number of pyridine rings is 1. The molecule has 0 radical (unpaired) electrons. The summed E-state index contributed by atoms with van der Waals surface area (Å²) in [5.41, 5.74) is 6.41. The molecule has 0 fully saturated rings. The first-order valence-electron chi connectivity index (χ1n) is 3.58. The molecular weight excluding hydrogens is 230 g/mol. The minimum absolute atomic E-state index is 0.290. The molecule has 2 N–H and O–H groups in total. The quantitative estimate of drug-likeness (QED) is 0.478. The standard InChI is InChI=1S/C9H8BrN3/c1-2-3-13-9(11)7-4-8(10)6-12-5-7/h1,4-6H,3H2,(H2,11,13). The summed E-state index contributed by atoms with van der Waals surface area (Å²) in [7, 11) is 0. The van der Waals surface area contributed by atoms with Crippen molar-refractivity contribution in [1.29, 1.82) is 0 Å². The second-order valence-electron chi connectivity index (χ2n) is 2.30. The van der Waals surface area contributed by atoms with Crippen LogP contribution in [0.5, 0.6) is 0 Å². The Kier molecular flexibility index (Phi) is 3.47. The molecule has 1 aromatic heterocycles. The van der Waals surface area contributed by atoms with Crippen LogP contribution in [0.1, 0.15) is 5.56 Å². The largest absolute Gasteiger partial charge is 0.383 e. The highest BCUT2D eigenvalue weighted by Gasteiger charge is 1.98.